The van der Waals surface area contributed by atoms with Gasteiger partial charge in [-0.05, 0) is 11.6 Å². The van der Waals surface area contributed by atoms with Crippen molar-refractivity contribution in [3.8, 4) is 17.2 Å². The van der Waals surface area contributed by atoms with Gasteiger partial charge in [0.15, 0.2) is 0 Å². The SMILES string of the molecule is Cn1c(N)cc(-c2ccccc2)c(C#N)c1=O. The summed E-state index contributed by atoms with van der Waals surface area (Å²) in [5.74, 6) is 0.341. The van der Waals surface area contributed by atoms with Gasteiger partial charge in [0.1, 0.15) is 17.5 Å². The molecule has 0 aliphatic rings. The maximum atomic E-state index is 11.9. The van der Waals surface area contributed by atoms with Gasteiger partial charge in [-0.15, -0.1) is 0 Å². The van der Waals surface area contributed by atoms with E-state index in [-0.39, 0.29) is 11.1 Å². The van der Waals surface area contributed by atoms with Crippen LogP contribution in [0.3, 0.4) is 0 Å². The van der Waals surface area contributed by atoms with Gasteiger partial charge in [-0.2, -0.15) is 5.26 Å². The first-order chi connectivity index (χ1) is 8.15. The van der Waals surface area contributed by atoms with Crippen molar-refractivity contribution >= 4 is 5.82 Å². The number of benzene rings is 1. The van der Waals surface area contributed by atoms with Crippen LogP contribution in [0.15, 0.2) is 41.2 Å². The van der Waals surface area contributed by atoms with Crippen molar-refractivity contribution in [2.45, 2.75) is 0 Å². The summed E-state index contributed by atoms with van der Waals surface area (Å²) in [6.45, 7) is 0. The van der Waals surface area contributed by atoms with E-state index in [4.69, 9.17) is 11.0 Å². The smallest absolute Gasteiger partial charge is 0.270 e. The van der Waals surface area contributed by atoms with E-state index < -0.39 is 0 Å². The molecule has 0 aliphatic heterocycles. The fourth-order valence-electron chi connectivity index (χ4n) is 1.67. The number of hydrogen-bond acceptors (Lipinski definition) is 3. The summed E-state index contributed by atoms with van der Waals surface area (Å²) in [5.41, 5.74) is 6.88. The molecular formula is C13H11N3O. The van der Waals surface area contributed by atoms with Crippen LogP contribution in [0, 0.1) is 11.3 Å². The zero-order valence-corrected chi connectivity index (χ0v) is 9.34. The molecule has 17 heavy (non-hydrogen) atoms. The number of nitrogens with two attached hydrogens (primary N) is 1. The van der Waals surface area contributed by atoms with Crippen molar-refractivity contribution < 1.29 is 0 Å². The van der Waals surface area contributed by atoms with Crippen LogP contribution in [-0.2, 0) is 7.05 Å². The van der Waals surface area contributed by atoms with E-state index >= 15 is 0 Å². The molecule has 0 unspecified atom stereocenters. The first-order valence-electron chi connectivity index (χ1n) is 5.10. The zero-order valence-electron chi connectivity index (χ0n) is 9.34. The molecule has 0 amide bonds. The lowest BCUT2D eigenvalue weighted by Crippen LogP contribution is -2.23. The Morgan fingerprint density at radius 3 is 2.53 bits per heavy atom. The van der Waals surface area contributed by atoms with Gasteiger partial charge in [0, 0.05) is 12.6 Å². The van der Waals surface area contributed by atoms with Crippen LogP contribution in [0.1, 0.15) is 5.56 Å². The average molecular weight is 225 g/mol. The van der Waals surface area contributed by atoms with Gasteiger partial charge >= 0.3 is 0 Å². The van der Waals surface area contributed by atoms with Crippen molar-refractivity contribution in [1.29, 1.82) is 5.26 Å². The highest BCUT2D eigenvalue weighted by molar-refractivity contribution is 5.72. The highest BCUT2D eigenvalue weighted by Gasteiger charge is 2.12. The second kappa shape index (κ2) is 4.14. The fraction of sp³-hybridized carbons (Fsp3) is 0.0769. The third-order valence-electron chi connectivity index (χ3n) is 2.66. The second-order valence-corrected chi connectivity index (χ2v) is 3.70. The lowest BCUT2D eigenvalue weighted by Gasteiger charge is -2.08. The molecule has 1 aromatic heterocycles. The van der Waals surface area contributed by atoms with E-state index in [2.05, 4.69) is 0 Å². The van der Waals surface area contributed by atoms with Gasteiger partial charge in [-0.3, -0.25) is 9.36 Å². The Morgan fingerprint density at radius 1 is 1.29 bits per heavy atom. The molecule has 0 atom stereocenters. The van der Waals surface area contributed by atoms with Crippen LogP contribution < -0.4 is 11.3 Å². The van der Waals surface area contributed by atoms with Crippen molar-refractivity contribution in [3.63, 3.8) is 0 Å². The van der Waals surface area contributed by atoms with E-state index in [9.17, 15) is 4.79 Å². The first kappa shape index (κ1) is 11.0. The Kier molecular flexibility index (Phi) is 2.67. The van der Waals surface area contributed by atoms with Gasteiger partial charge in [0.05, 0.1) is 0 Å². The largest absolute Gasteiger partial charge is 0.385 e. The lowest BCUT2D eigenvalue weighted by atomic mass is 10.0. The van der Waals surface area contributed by atoms with Crippen molar-refractivity contribution in [1.82, 2.24) is 4.57 Å². The van der Waals surface area contributed by atoms with Crippen LogP contribution in [0.4, 0.5) is 5.82 Å². The minimum atomic E-state index is -0.369. The molecule has 1 heterocycles. The maximum Gasteiger partial charge on any atom is 0.270 e. The second-order valence-electron chi connectivity index (χ2n) is 3.70. The van der Waals surface area contributed by atoms with E-state index in [1.165, 1.54) is 4.57 Å². The fourth-order valence-corrected chi connectivity index (χ4v) is 1.67. The molecule has 0 radical (unpaired) electrons. The Labute approximate surface area is 98.5 Å². The topological polar surface area (TPSA) is 71.8 Å². The molecule has 0 bridgehead atoms. The average Bonchev–Trinajstić information content (AvgIpc) is 2.36. The lowest BCUT2D eigenvalue weighted by molar-refractivity contribution is 0.871. The Morgan fingerprint density at radius 2 is 1.94 bits per heavy atom. The van der Waals surface area contributed by atoms with Crippen LogP contribution in [0.5, 0.6) is 0 Å². The number of nitrogens with zero attached hydrogens (tertiary/aromatic N) is 2. The summed E-state index contributed by atoms with van der Waals surface area (Å²) >= 11 is 0. The summed E-state index contributed by atoms with van der Waals surface area (Å²) in [6, 6.07) is 12.9. The minimum Gasteiger partial charge on any atom is -0.385 e. The molecule has 4 nitrogen and oxygen atoms in total. The molecule has 1 aromatic carbocycles. The Bertz CT molecular complexity index is 651. The molecule has 0 saturated heterocycles. The minimum absolute atomic E-state index is 0.118. The highest BCUT2D eigenvalue weighted by Crippen LogP contribution is 2.22. The third kappa shape index (κ3) is 1.79. The predicted molar refractivity (Wildman–Crippen MR) is 66.2 cm³/mol. The van der Waals surface area contributed by atoms with Crippen LogP contribution in [0.2, 0.25) is 0 Å². The number of nitriles is 1. The summed E-state index contributed by atoms with van der Waals surface area (Å²) in [5, 5.41) is 9.07. The molecule has 2 N–H and O–H groups in total. The van der Waals surface area contributed by atoms with Crippen molar-refractivity contribution in [3.05, 3.63) is 52.3 Å². The number of hydrogen-bond donors (Lipinski definition) is 1. The van der Waals surface area contributed by atoms with Crippen molar-refractivity contribution in [2.75, 3.05) is 5.73 Å². The monoisotopic (exact) mass is 225 g/mol. The molecule has 0 saturated carbocycles. The van der Waals surface area contributed by atoms with Gasteiger partial charge in [-0.1, -0.05) is 30.3 Å². The molecule has 0 spiro atoms. The Balaban J connectivity index is 2.81. The van der Waals surface area contributed by atoms with Crippen LogP contribution in [0.25, 0.3) is 11.1 Å². The number of pyridine rings is 1. The molecular weight excluding hydrogens is 214 g/mol. The van der Waals surface area contributed by atoms with Gasteiger partial charge in [-0.25, -0.2) is 0 Å². The maximum absolute atomic E-state index is 11.9. The van der Waals surface area contributed by atoms with Crippen LogP contribution >= 0.6 is 0 Å². The number of nitrogen functional groups attached to an aromatic ring is 1. The van der Waals surface area contributed by atoms with E-state index in [1.807, 2.05) is 36.4 Å². The summed E-state index contributed by atoms with van der Waals surface area (Å²) in [7, 11) is 1.55. The van der Waals surface area contributed by atoms with E-state index in [0.29, 0.717) is 11.4 Å². The molecule has 2 rings (SSSR count). The summed E-state index contributed by atoms with van der Waals surface area (Å²) in [4.78, 5) is 11.9. The first-order valence-corrected chi connectivity index (χ1v) is 5.10. The summed E-state index contributed by atoms with van der Waals surface area (Å²) in [6.07, 6.45) is 0. The Hall–Kier alpha value is -2.54. The molecule has 0 aliphatic carbocycles. The summed E-state index contributed by atoms with van der Waals surface area (Å²) < 4.78 is 1.27. The number of anilines is 1. The molecule has 2 aromatic rings. The number of rotatable bonds is 1. The highest BCUT2D eigenvalue weighted by atomic mass is 16.1. The quantitative estimate of drug-likeness (QED) is 0.799. The normalized spacial score (nSPS) is 9.88. The van der Waals surface area contributed by atoms with E-state index in [0.717, 1.165) is 5.56 Å². The van der Waals surface area contributed by atoms with Gasteiger partial charge in [0.2, 0.25) is 0 Å². The number of aromatic nitrogens is 1. The third-order valence-corrected chi connectivity index (χ3v) is 2.66. The van der Waals surface area contributed by atoms with Gasteiger partial charge < -0.3 is 5.73 Å². The van der Waals surface area contributed by atoms with Crippen molar-refractivity contribution in [2.24, 2.45) is 7.05 Å². The van der Waals surface area contributed by atoms with E-state index in [1.54, 1.807) is 13.1 Å². The van der Waals surface area contributed by atoms with Crippen LogP contribution in [-0.4, -0.2) is 4.57 Å². The standard InChI is InChI=1S/C13H11N3O/c1-16-12(15)7-10(11(8-14)13(16)17)9-5-3-2-4-6-9/h2-7H,15H2,1H3. The molecule has 84 valence electrons. The predicted octanol–water partition coefficient (Wildman–Crippen LogP) is 1.51. The molecule has 4 heteroatoms. The van der Waals surface area contributed by atoms with Gasteiger partial charge in [0.25, 0.3) is 5.56 Å². The zero-order chi connectivity index (χ0) is 12.4. The molecule has 0 fully saturated rings.